The van der Waals surface area contributed by atoms with E-state index in [9.17, 15) is 4.79 Å². The minimum absolute atomic E-state index is 0.0828. The van der Waals surface area contributed by atoms with Gasteiger partial charge in [-0.15, -0.1) is 0 Å². The second kappa shape index (κ2) is 7.87. The Balaban J connectivity index is 2.04. The minimum Gasteiger partial charge on any atom is -0.493 e. The van der Waals surface area contributed by atoms with Crippen LogP contribution in [0.5, 0.6) is 11.5 Å². The smallest absolute Gasteiger partial charge is 0.246 e. The molecule has 0 bridgehead atoms. The Hall–Kier alpha value is -1.97. The molecule has 0 radical (unpaired) electrons. The Labute approximate surface area is 132 Å². The zero-order valence-electron chi connectivity index (χ0n) is 13.7. The van der Waals surface area contributed by atoms with E-state index in [-0.39, 0.29) is 5.91 Å². The average molecular weight is 303 g/mol. The van der Waals surface area contributed by atoms with Crippen molar-refractivity contribution in [3.8, 4) is 11.5 Å². The number of methoxy groups -OCH3 is 1. The molecule has 0 aliphatic carbocycles. The molecule has 1 aromatic carbocycles. The lowest BCUT2D eigenvalue weighted by Crippen LogP contribution is -2.38. The molecular formula is C18H25NO3. The van der Waals surface area contributed by atoms with Gasteiger partial charge >= 0.3 is 0 Å². The predicted octanol–water partition coefficient (Wildman–Crippen LogP) is 3.37. The Morgan fingerprint density at radius 3 is 2.91 bits per heavy atom. The fourth-order valence-corrected chi connectivity index (χ4v) is 2.73. The van der Waals surface area contributed by atoms with Crippen LogP contribution in [0, 0.1) is 5.92 Å². The zero-order chi connectivity index (χ0) is 15.9. The molecule has 1 amide bonds. The molecule has 1 atom stereocenters. The normalized spacial score (nSPS) is 18.5. The van der Waals surface area contributed by atoms with Gasteiger partial charge in [-0.05, 0) is 49.5 Å². The largest absolute Gasteiger partial charge is 0.493 e. The highest BCUT2D eigenvalue weighted by Gasteiger charge is 2.18. The van der Waals surface area contributed by atoms with E-state index < -0.39 is 0 Å². The number of benzene rings is 1. The Kier molecular flexibility index (Phi) is 5.87. The highest BCUT2D eigenvalue weighted by Crippen LogP contribution is 2.28. The lowest BCUT2D eigenvalue weighted by Gasteiger charge is -2.30. The highest BCUT2D eigenvalue weighted by molar-refractivity contribution is 5.91. The molecule has 2 rings (SSSR count). The van der Waals surface area contributed by atoms with Crippen LogP contribution in [-0.2, 0) is 4.79 Å². The lowest BCUT2D eigenvalue weighted by molar-refractivity contribution is -0.127. The Morgan fingerprint density at radius 1 is 1.41 bits per heavy atom. The van der Waals surface area contributed by atoms with Gasteiger partial charge in [-0.1, -0.05) is 13.0 Å². The Morgan fingerprint density at radius 2 is 2.23 bits per heavy atom. The van der Waals surface area contributed by atoms with Crippen LogP contribution in [0.15, 0.2) is 24.3 Å². The van der Waals surface area contributed by atoms with Crippen LogP contribution in [0.1, 0.15) is 32.3 Å². The van der Waals surface area contributed by atoms with E-state index in [2.05, 4.69) is 6.92 Å². The summed E-state index contributed by atoms with van der Waals surface area (Å²) in [6, 6.07) is 5.68. The second-order valence-corrected chi connectivity index (χ2v) is 5.71. The Bertz CT molecular complexity index is 539. The summed E-state index contributed by atoms with van der Waals surface area (Å²) in [6.45, 7) is 6.44. The molecule has 1 heterocycles. The van der Waals surface area contributed by atoms with Gasteiger partial charge in [0.1, 0.15) is 0 Å². The lowest BCUT2D eigenvalue weighted by atomic mass is 10.0. The van der Waals surface area contributed by atoms with E-state index in [4.69, 9.17) is 9.47 Å². The van der Waals surface area contributed by atoms with Crippen LogP contribution in [0.2, 0.25) is 0 Å². The van der Waals surface area contributed by atoms with E-state index >= 15 is 0 Å². The van der Waals surface area contributed by atoms with Crippen molar-refractivity contribution in [3.63, 3.8) is 0 Å². The van der Waals surface area contributed by atoms with Crippen molar-refractivity contribution in [2.45, 2.75) is 26.7 Å². The summed E-state index contributed by atoms with van der Waals surface area (Å²) >= 11 is 0. The number of hydrogen-bond acceptors (Lipinski definition) is 3. The van der Waals surface area contributed by atoms with Crippen LogP contribution >= 0.6 is 0 Å². The first-order valence-electron chi connectivity index (χ1n) is 7.92. The first-order valence-corrected chi connectivity index (χ1v) is 7.92. The number of carbonyl (C=O) groups is 1. The summed E-state index contributed by atoms with van der Waals surface area (Å²) in [4.78, 5) is 14.2. The van der Waals surface area contributed by atoms with Crippen molar-refractivity contribution in [2.24, 2.45) is 5.92 Å². The van der Waals surface area contributed by atoms with Gasteiger partial charge in [-0.2, -0.15) is 0 Å². The molecular weight excluding hydrogens is 278 g/mol. The van der Waals surface area contributed by atoms with Gasteiger partial charge in [-0.3, -0.25) is 4.79 Å². The summed E-state index contributed by atoms with van der Waals surface area (Å²) in [5.74, 6) is 2.08. The maximum Gasteiger partial charge on any atom is 0.246 e. The topological polar surface area (TPSA) is 38.8 Å². The first kappa shape index (κ1) is 16.4. The second-order valence-electron chi connectivity index (χ2n) is 5.71. The van der Waals surface area contributed by atoms with Gasteiger partial charge in [0.25, 0.3) is 0 Å². The van der Waals surface area contributed by atoms with Crippen molar-refractivity contribution < 1.29 is 14.3 Å². The van der Waals surface area contributed by atoms with Crippen LogP contribution in [-0.4, -0.2) is 37.6 Å². The molecule has 1 fully saturated rings. The molecule has 0 spiro atoms. The fraction of sp³-hybridized carbons (Fsp3) is 0.500. The van der Waals surface area contributed by atoms with Crippen molar-refractivity contribution in [2.75, 3.05) is 26.8 Å². The molecule has 4 nitrogen and oxygen atoms in total. The SMILES string of the molecule is CCOc1ccc(C=CC(=O)N2CCCC(C)C2)cc1OC. The number of carbonyl (C=O) groups excluding carboxylic acids is 1. The van der Waals surface area contributed by atoms with Gasteiger partial charge in [0.15, 0.2) is 11.5 Å². The van der Waals surface area contributed by atoms with Gasteiger partial charge in [0, 0.05) is 19.2 Å². The summed E-state index contributed by atoms with van der Waals surface area (Å²) < 4.78 is 10.8. The van der Waals surface area contributed by atoms with Crippen LogP contribution < -0.4 is 9.47 Å². The van der Waals surface area contributed by atoms with Gasteiger partial charge in [0.05, 0.1) is 13.7 Å². The third kappa shape index (κ3) is 4.26. The van der Waals surface area contributed by atoms with Gasteiger partial charge < -0.3 is 14.4 Å². The molecule has 1 unspecified atom stereocenters. The molecule has 1 aromatic rings. The van der Waals surface area contributed by atoms with Crippen LogP contribution in [0.4, 0.5) is 0 Å². The standard InChI is InChI=1S/C18H25NO3/c1-4-22-16-9-7-15(12-17(16)21-3)8-10-18(20)19-11-5-6-14(2)13-19/h7-10,12,14H,4-6,11,13H2,1-3H3. The number of nitrogens with zero attached hydrogens (tertiary/aromatic N) is 1. The summed E-state index contributed by atoms with van der Waals surface area (Å²) in [6.07, 6.45) is 5.79. The van der Waals surface area contributed by atoms with E-state index in [1.165, 1.54) is 6.42 Å². The highest BCUT2D eigenvalue weighted by atomic mass is 16.5. The van der Waals surface area contributed by atoms with Crippen molar-refractivity contribution in [1.29, 1.82) is 0 Å². The molecule has 120 valence electrons. The van der Waals surface area contributed by atoms with Crippen molar-refractivity contribution >= 4 is 12.0 Å². The molecule has 0 saturated carbocycles. The number of hydrogen-bond donors (Lipinski definition) is 0. The van der Waals surface area contributed by atoms with Crippen molar-refractivity contribution in [3.05, 3.63) is 29.8 Å². The van der Waals surface area contributed by atoms with Crippen LogP contribution in [0.3, 0.4) is 0 Å². The number of amides is 1. The molecule has 22 heavy (non-hydrogen) atoms. The van der Waals surface area contributed by atoms with Gasteiger partial charge in [0.2, 0.25) is 5.91 Å². The number of rotatable bonds is 5. The molecule has 0 aromatic heterocycles. The van der Waals surface area contributed by atoms with Crippen LogP contribution in [0.25, 0.3) is 6.08 Å². The summed E-state index contributed by atoms with van der Waals surface area (Å²) in [5, 5.41) is 0. The van der Waals surface area contributed by atoms with E-state index in [1.54, 1.807) is 13.2 Å². The molecule has 1 saturated heterocycles. The molecule has 1 aliphatic rings. The number of likely N-dealkylation sites (tertiary alicyclic amines) is 1. The molecule has 1 aliphatic heterocycles. The minimum atomic E-state index is 0.0828. The molecule has 0 N–H and O–H groups in total. The predicted molar refractivity (Wildman–Crippen MR) is 88.2 cm³/mol. The third-order valence-corrected chi connectivity index (χ3v) is 3.87. The maximum atomic E-state index is 12.2. The fourth-order valence-electron chi connectivity index (χ4n) is 2.73. The van der Waals surface area contributed by atoms with Gasteiger partial charge in [-0.25, -0.2) is 0 Å². The molecule has 4 heteroatoms. The maximum absolute atomic E-state index is 12.2. The number of ether oxygens (including phenoxy) is 2. The zero-order valence-corrected chi connectivity index (χ0v) is 13.7. The first-order chi connectivity index (χ1) is 10.6. The summed E-state index contributed by atoms with van der Waals surface area (Å²) in [7, 11) is 1.62. The van der Waals surface area contributed by atoms with E-state index in [1.807, 2.05) is 36.1 Å². The van der Waals surface area contributed by atoms with E-state index in [0.717, 1.165) is 30.8 Å². The monoisotopic (exact) mass is 303 g/mol. The average Bonchev–Trinajstić information content (AvgIpc) is 2.53. The van der Waals surface area contributed by atoms with E-state index in [0.29, 0.717) is 18.3 Å². The summed E-state index contributed by atoms with van der Waals surface area (Å²) in [5.41, 5.74) is 0.929. The third-order valence-electron chi connectivity index (χ3n) is 3.87. The van der Waals surface area contributed by atoms with Crippen molar-refractivity contribution in [1.82, 2.24) is 4.90 Å². The number of piperidine rings is 1. The quantitative estimate of drug-likeness (QED) is 0.783.